The van der Waals surface area contributed by atoms with Crippen LogP contribution in [-0.2, 0) is 20.7 Å². The number of benzene rings is 1. The molecule has 0 atom stereocenters. The van der Waals surface area contributed by atoms with Crippen molar-refractivity contribution < 1.29 is 18.7 Å². The molecule has 0 saturated carbocycles. The van der Waals surface area contributed by atoms with Crippen molar-refractivity contribution in [1.82, 2.24) is 9.88 Å². The Kier molecular flexibility index (Phi) is 4.54. The topological polar surface area (TPSA) is 64.8 Å². The number of rotatable bonds is 3. The summed E-state index contributed by atoms with van der Waals surface area (Å²) in [4.78, 5) is 19.1. The Morgan fingerprint density at radius 1 is 1.19 bits per heavy atom. The second-order valence-corrected chi connectivity index (χ2v) is 7.06. The third-order valence-corrected chi connectivity index (χ3v) is 5.17. The van der Waals surface area contributed by atoms with E-state index in [0.29, 0.717) is 43.6 Å². The van der Waals surface area contributed by atoms with E-state index in [1.54, 1.807) is 0 Å². The Labute approximate surface area is 153 Å². The smallest absolute Gasteiger partial charge is 0.228 e. The lowest BCUT2D eigenvalue weighted by Crippen LogP contribution is -2.47. The number of nitrogens with zero attached hydrogens (tertiary/aromatic N) is 2. The molecule has 6 heteroatoms. The van der Waals surface area contributed by atoms with E-state index in [0.717, 1.165) is 24.0 Å². The Morgan fingerprint density at radius 2 is 1.92 bits per heavy atom. The van der Waals surface area contributed by atoms with Crippen molar-refractivity contribution in [2.24, 2.45) is 0 Å². The average molecular weight is 356 g/mol. The Hall–Kier alpha value is -2.18. The lowest BCUT2D eigenvalue weighted by Gasteiger charge is -2.37. The van der Waals surface area contributed by atoms with Gasteiger partial charge in [-0.2, -0.15) is 0 Å². The first-order chi connectivity index (χ1) is 12.5. The largest absolute Gasteiger partial charge is 0.441 e. The van der Waals surface area contributed by atoms with Gasteiger partial charge in [-0.1, -0.05) is 17.7 Å². The van der Waals surface area contributed by atoms with Crippen LogP contribution in [0.5, 0.6) is 0 Å². The zero-order chi connectivity index (χ0) is 18.1. The molecule has 2 aliphatic heterocycles. The SMILES string of the molecule is Cc1cccc(-c2nc(CC(=O)N3CCC4(CC3)OCCO4)c(C)o2)c1. The number of carbonyl (C=O) groups is 1. The number of ether oxygens (including phenoxy) is 2. The summed E-state index contributed by atoms with van der Waals surface area (Å²) in [5.74, 6) is 0.883. The van der Waals surface area contributed by atoms with Crippen LogP contribution < -0.4 is 0 Å². The number of carbonyl (C=O) groups excluding carboxylic acids is 1. The van der Waals surface area contributed by atoms with Gasteiger partial charge in [-0.3, -0.25) is 4.79 Å². The fourth-order valence-corrected chi connectivity index (χ4v) is 3.63. The van der Waals surface area contributed by atoms with Crippen LogP contribution in [0.3, 0.4) is 0 Å². The molecule has 26 heavy (non-hydrogen) atoms. The van der Waals surface area contributed by atoms with Gasteiger partial charge < -0.3 is 18.8 Å². The number of hydrogen-bond donors (Lipinski definition) is 0. The van der Waals surface area contributed by atoms with E-state index in [4.69, 9.17) is 13.9 Å². The van der Waals surface area contributed by atoms with Crippen molar-refractivity contribution in [3.05, 3.63) is 41.3 Å². The minimum Gasteiger partial charge on any atom is -0.441 e. The van der Waals surface area contributed by atoms with E-state index < -0.39 is 5.79 Å². The summed E-state index contributed by atoms with van der Waals surface area (Å²) in [5.41, 5.74) is 2.79. The number of oxazole rings is 1. The zero-order valence-corrected chi connectivity index (χ0v) is 15.3. The molecule has 0 bridgehead atoms. The maximum absolute atomic E-state index is 12.7. The molecule has 3 heterocycles. The van der Waals surface area contributed by atoms with Gasteiger partial charge in [0.15, 0.2) is 5.79 Å². The van der Waals surface area contributed by atoms with Gasteiger partial charge in [0.1, 0.15) is 5.76 Å². The molecule has 138 valence electrons. The van der Waals surface area contributed by atoms with Gasteiger partial charge in [0, 0.05) is 31.5 Å². The molecule has 1 aromatic heterocycles. The maximum atomic E-state index is 12.7. The fourth-order valence-electron chi connectivity index (χ4n) is 3.63. The molecule has 2 fully saturated rings. The Morgan fingerprint density at radius 3 is 2.62 bits per heavy atom. The first-order valence-electron chi connectivity index (χ1n) is 9.14. The molecule has 2 aliphatic rings. The molecule has 1 spiro atoms. The summed E-state index contributed by atoms with van der Waals surface area (Å²) in [6.07, 6.45) is 1.71. The molecule has 6 nitrogen and oxygen atoms in total. The highest BCUT2D eigenvalue weighted by atomic mass is 16.7. The van der Waals surface area contributed by atoms with Gasteiger partial charge in [0.05, 0.1) is 25.3 Å². The predicted octanol–water partition coefficient (Wildman–Crippen LogP) is 2.87. The van der Waals surface area contributed by atoms with Crippen molar-refractivity contribution in [1.29, 1.82) is 0 Å². The van der Waals surface area contributed by atoms with Gasteiger partial charge in [-0.05, 0) is 26.0 Å². The average Bonchev–Trinajstić information content (AvgIpc) is 3.23. The number of piperidine rings is 1. The van der Waals surface area contributed by atoms with Crippen molar-refractivity contribution >= 4 is 5.91 Å². The zero-order valence-electron chi connectivity index (χ0n) is 15.3. The van der Waals surface area contributed by atoms with Crippen LogP contribution in [-0.4, -0.2) is 47.9 Å². The highest BCUT2D eigenvalue weighted by Gasteiger charge is 2.40. The first kappa shape index (κ1) is 17.2. The molecule has 2 saturated heterocycles. The van der Waals surface area contributed by atoms with E-state index >= 15 is 0 Å². The fraction of sp³-hybridized carbons (Fsp3) is 0.500. The van der Waals surface area contributed by atoms with Crippen LogP contribution in [0.2, 0.25) is 0 Å². The molecule has 1 aromatic carbocycles. The number of amides is 1. The third kappa shape index (κ3) is 3.39. The quantitative estimate of drug-likeness (QED) is 0.846. The van der Waals surface area contributed by atoms with Gasteiger partial charge in [-0.25, -0.2) is 4.98 Å². The second kappa shape index (κ2) is 6.85. The van der Waals surface area contributed by atoms with Crippen LogP contribution in [0.15, 0.2) is 28.7 Å². The van der Waals surface area contributed by atoms with E-state index in [1.165, 1.54) is 0 Å². The summed E-state index contributed by atoms with van der Waals surface area (Å²) in [6, 6.07) is 8.01. The number of aromatic nitrogens is 1. The predicted molar refractivity (Wildman–Crippen MR) is 95.6 cm³/mol. The molecule has 4 rings (SSSR count). The van der Waals surface area contributed by atoms with Crippen molar-refractivity contribution in [2.75, 3.05) is 26.3 Å². The highest BCUT2D eigenvalue weighted by Crippen LogP contribution is 2.31. The second-order valence-electron chi connectivity index (χ2n) is 7.06. The summed E-state index contributed by atoms with van der Waals surface area (Å²) < 4.78 is 17.2. The maximum Gasteiger partial charge on any atom is 0.228 e. The lowest BCUT2D eigenvalue weighted by molar-refractivity contribution is -0.187. The van der Waals surface area contributed by atoms with Gasteiger partial charge in [0.2, 0.25) is 11.8 Å². The Balaban J connectivity index is 1.42. The highest BCUT2D eigenvalue weighted by molar-refractivity contribution is 5.78. The van der Waals surface area contributed by atoms with E-state index in [1.807, 2.05) is 43.0 Å². The van der Waals surface area contributed by atoms with Crippen LogP contribution in [0, 0.1) is 13.8 Å². The number of hydrogen-bond acceptors (Lipinski definition) is 5. The third-order valence-electron chi connectivity index (χ3n) is 5.17. The summed E-state index contributed by atoms with van der Waals surface area (Å²) in [7, 11) is 0. The minimum atomic E-state index is -0.459. The van der Waals surface area contributed by atoms with Crippen molar-refractivity contribution in [3.8, 4) is 11.5 Å². The van der Waals surface area contributed by atoms with Crippen LogP contribution >= 0.6 is 0 Å². The van der Waals surface area contributed by atoms with Crippen molar-refractivity contribution in [3.63, 3.8) is 0 Å². The molecule has 2 aromatic rings. The molecule has 0 aliphatic carbocycles. The molecule has 0 radical (unpaired) electrons. The number of aryl methyl sites for hydroxylation is 2. The van der Waals surface area contributed by atoms with Gasteiger partial charge >= 0.3 is 0 Å². The normalized spacial score (nSPS) is 19.2. The van der Waals surface area contributed by atoms with Crippen LogP contribution in [0.1, 0.15) is 29.9 Å². The van der Waals surface area contributed by atoms with E-state index in [2.05, 4.69) is 4.98 Å². The molecule has 0 unspecified atom stereocenters. The lowest BCUT2D eigenvalue weighted by atomic mass is 10.0. The van der Waals surface area contributed by atoms with Crippen molar-refractivity contribution in [2.45, 2.75) is 38.9 Å². The molecule has 0 N–H and O–H groups in total. The van der Waals surface area contributed by atoms with Gasteiger partial charge in [0.25, 0.3) is 0 Å². The van der Waals surface area contributed by atoms with E-state index in [9.17, 15) is 4.79 Å². The number of likely N-dealkylation sites (tertiary alicyclic amines) is 1. The molecular formula is C20H24N2O4. The summed E-state index contributed by atoms with van der Waals surface area (Å²) in [5, 5.41) is 0. The summed E-state index contributed by atoms with van der Waals surface area (Å²) in [6.45, 7) is 6.49. The van der Waals surface area contributed by atoms with Crippen LogP contribution in [0.25, 0.3) is 11.5 Å². The standard InChI is InChI=1S/C20H24N2O4/c1-14-4-3-5-16(12-14)19-21-17(15(2)26-19)13-18(23)22-8-6-20(7-9-22)24-10-11-25-20/h3-5,12H,6-11,13H2,1-2H3. The summed E-state index contributed by atoms with van der Waals surface area (Å²) >= 11 is 0. The molecular weight excluding hydrogens is 332 g/mol. The Bertz CT molecular complexity index is 798. The first-order valence-corrected chi connectivity index (χ1v) is 9.14. The minimum absolute atomic E-state index is 0.0741. The van der Waals surface area contributed by atoms with Gasteiger partial charge in [-0.15, -0.1) is 0 Å². The van der Waals surface area contributed by atoms with E-state index in [-0.39, 0.29) is 12.3 Å². The van der Waals surface area contributed by atoms with Crippen LogP contribution in [0.4, 0.5) is 0 Å². The molecule has 1 amide bonds. The monoisotopic (exact) mass is 356 g/mol.